The Morgan fingerprint density at radius 1 is 1.20 bits per heavy atom. The molecule has 20 heavy (non-hydrogen) atoms. The number of ether oxygens (including phenoxy) is 1. The molecule has 1 amide bonds. The van der Waals surface area contributed by atoms with E-state index in [2.05, 4.69) is 0 Å². The van der Waals surface area contributed by atoms with Crippen LogP contribution in [0.4, 0.5) is 4.79 Å². The summed E-state index contributed by atoms with van der Waals surface area (Å²) in [6, 6.07) is -0.958. The Bertz CT molecular complexity index is 344. The molecule has 0 unspecified atom stereocenters. The van der Waals surface area contributed by atoms with Crippen molar-refractivity contribution in [3.05, 3.63) is 0 Å². The van der Waals surface area contributed by atoms with E-state index in [4.69, 9.17) is 16.3 Å². The number of alkyl halides is 1. The van der Waals surface area contributed by atoms with Gasteiger partial charge in [-0.3, -0.25) is 4.90 Å². The summed E-state index contributed by atoms with van der Waals surface area (Å²) in [5.41, 5.74) is -1.27. The molecule has 0 spiro atoms. The van der Waals surface area contributed by atoms with Gasteiger partial charge < -0.3 is 9.84 Å². The molecule has 0 heterocycles. The van der Waals surface area contributed by atoms with E-state index in [1.54, 1.807) is 41.5 Å². The van der Waals surface area contributed by atoms with Gasteiger partial charge in [0.25, 0.3) is 0 Å². The largest absolute Gasteiger partial charge is 0.480 e. The number of carboxylic acid groups (broad SMARTS) is 1. The summed E-state index contributed by atoms with van der Waals surface area (Å²) < 4.78 is 5.30. The molecule has 0 rings (SSSR count). The van der Waals surface area contributed by atoms with Crippen molar-refractivity contribution in [1.29, 1.82) is 0 Å². The molecule has 118 valence electrons. The highest BCUT2D eigenvalue weighted by molar-refractivity contribution is 6.17. The lowest BCUT2D eigenvalue weighted by molar-refractivity contribution is -0.147. The zero-order chi connectivity index (χ0) is 16.1. The number of carbonyl (C=O) groups excluding carboxylic acids is 1. The summed E-state index contributed by atoms with van der Waals surface area (Å²) in [6.45, 7) is 10.8. The van der Waals surface area contributed by atoms with Crippen LogP contribution in [0.5, 0.6) is 0 Å². The van der Waals surface area contributed by atoms with Crippen LogP contribution in [0, 0.1) is 5.41 Å². The van der Waals surface area contributed by atoms with Gasteiger partial charge in [0.1, 0.15) is 11.6 Å². The standard InChI is InChI=1S/C14H26ClNO4/c1-13(2,3)10(11(17)18)16(9-7-8-15)12(19)20-14(4,5)6/h10H,7-9H2,1-6H3,(H,17,18)/t10-/m1/s1. The van der Waals surface area contributed by atoms with Crippen molar-refractivity contribution in [3.8, 4) is 0 Å². The van der Waals surface area contributed by atoms with Crippen molar-refractivity contribution in [1.82, 2.24) is 4.90 Å². The van der Waals surface area contributed by atoms with Crippen molar-refractivity contribution in [2.24, 2.45) is 5.41 Å². The van der Waals surface area contributed by atoms with E-state index in [0.717, 1.165) is 0 Å². The lowest BCUT2D eigenvalue weighted by Gasteiger charge is -2.37. The van der Waals surface area contributed by atoms with Crippen LogP contribution in [0.15, 0.2) is 0 Å². The SMILES string of the molecule is CC(C)(C)OC(=O)N(CCCCl)[C@H](C(=O)O)C(C)(C)C. The second-order valence-corrected chi connectivity index (χ2v) is 7.20. The van der Waals surface area contributed by atoms with Crippen LogP contribution in [-0.2, 0) is 9.53 Å². The topological polar surface area (TPSA) is 66.8 Å². The van der Waals surface area contributed by atoms with Crippen molar-refractivity contribution in [2.75, 3.05) is 12.4 Å². The minimum absolute atomic E-state index is 0.257. The summed E-state index contributed by atoms with van der Waals surface area (Å²) in [5, 5.41) is 9.44. The summed E-state index contributed by atoms with van der Waals surface area (Å²) in [5.74, 6) is -0.687. The van der Waals surface area contributed by atoms with Crippen molar-refractivity contribution >= 4 is 23.7 Å². The number of amides is 1. The van der Waals surface area contributed by atoms with Gasteiger partial charge in [0.05, 0.1) is 0 Å². The highest BCUT2D eigenvalue weighted by Gasteiger charge is 2.40. The third-order valence-corrected chi connectivity index (χ3v) is 2.79. The predicted molar refractivity (Wildman–Crippen MR) is 79.2 cm³/mol. The minimum Gasteiger partial charge on any atom is -0.480 e. The maximum atomic E-state index is 12.3. The monoisotopic (exact) mass is 307 g/mol. The Balaban J connectivity index is 5.30. The first-order valence-electron chi connectivity index (χ1n) is 6.68. The fraction of sp³-hybridized carbons (Fsp3) is 0.857. The summed E-state index contributed by atoms with van der Waals surface area (Å²) in [4.78, 5) is 25.1. The van der Waals surface area contributed by atoms with E-state index in [1.807, 2.05) is 0 Å². The van der Waals surface area contributed by atoms with E-state index in [-0.39, 0.29) is 6.54 Å². The first kappa shape index (κ1) is 19.0. The molecule has 0 aliphatic heterocycles. The summed E-state index contributed by atoms with van der Waals surface area (Å²) >= 11 is 5.66. The van der Waals surface area contributed by atoms with Crippen molar-refractivity contribution in [3.63, 3.8) is 0 Å². The molecular formula is C14H26ClNO4. The molecule has 0 aromatic rings. The normalized spacial score (nSPS) is 13.8. The lowest BCUT2D eigenvalue weighted by atomic mass is 9.85. The first-order valence-corrected chi connectivity index (χ1v) is 7.22. The second kappa shape index (κ2) is 7.16. The summed E-state index contributed by atoms with van der Waals surface area (Å²) in [6.07, 6.45) is -0.106. The number of halogens is 1. The molecular weight excluding hydrogens is 282 g/mol. The van der Waals surface area contributed by atoms with E-state index < -0.39 is 29.1 Å². The quantitative estimate of drug-likeness (QED) is 0.791. The highest BCUT2D eigenvalue weighted by atomic mass is 35.5. The molecule has 1 atom stereocenters. The number of carboxylic acids is 1. The number of rotatable bonds is 5. The average Bonchev–Trinajstić information content (AvgIpc) is 2.18. The van der Waals surface area contributed by atoms with Crippen LogP contribution in [0.1, 0.15) is 48.0 Å². The van der Waals surface area contributed by atoms with Gasteiger partial charge in [-0.15, -0.1) is 11.6 Å². The molecule has 0 aliphatic rings. The summed E-state index contributed by atoms with van der Waals surface area (Å²) in [7, 11) is 0. The molecule has 0 aromatic heterocycles. The third-order valence-electron chi connectivity index (χ3n) is 2.53. The van der Waals surface area contributed by atoms with Gasteiger partial charge in [-0.2, -0.15) is 0 Å². The Labute approximate surface area is 126 Å². The number of hydrogen-bond acceptors (Lipinski definition) is 3. The van der Waals surface area contributed by atoms with Crippen molar-refractivity contribution in [2.45, 2.75) is 59.6 Å². The number of aliphatic carboxylic acids is 1. The number of hydrogen-bond donors (Lipinski definition) is 1. The van der Waals surface area contributed by atoms with Gasteiger partial charge in [-0.1, -0.05) is 20.8 Å². The van der Waals surface area contributed by atoms with Crippen LogP contribution in [0.3, 0.4) is 0 Å². The molecule has 0 fully saturated rings. The maximum absolute atomic E-state index is 12.3. The van der Waals surface area contributed by atoms with Crippen LogP contribution >= 0.6 is 11.6 Å². The average molecular weight is 308 g/mol. The van der Waals surface area contributed by atoms with Gasteiger partial charge in [-0.05, 0) is 32.6 Å². The Morgan fingerprint density at radius 2 is 1.70 bits per heavy atom. The zero-order valence-corrected chi connectivity index (χ0v) is 14.0. The van der Waals surface area contributed by atoms with Crippen LogP contribution in [-0.4, -0.2) is 46.1 Å². The molecule has 1 N–H and O–H groups in total. The van der Waals surface area contributed by atoms with E-state index in [1.165, 1.54) is 4.90 Å². The molecule has 0 bridgehead atoms. The molecule has 0 radical (unpaired) electrons. The van der Waals surface area contributed by atoms with Gasteiger partial charge in [0, 0.05) is 12.4 Å². The second-order valence-electron chi connectivity index (χ2n) is 6.82. The maximum Gasteiger partial charge on any atom is 0.411 e. The molecule has 0 aromatic carbocycles. The molecule has 6 heteroatoms. The molecule has 0 aliphatic carbocycles. The molecule has 5 nitrogen and oxygen atoms in total. The lowest BCUT2D eigenvalue weighted by Crippen LogP contribution is -2.53. The van der Waals surface area contributed by atoms with Gasteiger partial charge in [0.2, 0.25) is 0 Å². The van der Waals surface area contributed by atoms with Gasteiger partial charge in [-0.25, -0.2) is 9.59 Å². The van der Waals surface area contributed by atoms with Crippen LogP contribution < -0.4 is 0 Å². The van der Waals surface area contributed by atoms with Gasteiger partial charge >= 0.3 is 12.1 Å². The highest BCUT2D eigenvalue weighted by Crippen LogP contribution is 2.26. The number of nitrogens with zero attached hydrogens (tertiary/aromatic N) is 1. The Kier molecular flexibility index (Phi) is 6.81. The predicted octanol–water partition coefficient (Wildman–Crippen LogP) is 3.35. The fourth-order valence-electron chi connectivity index (χ4n) is 1.85. The van der Waals surface area contributed by atoms with Crippen LogP contribution in [0.25, 0.3) is 0 Å². The third kappa shape index (κ3) is 6.46. The van der Waals surface area contributed by atoms with E-state index in [0.29, 0.717) is 12.3 Å². The molecule has 0 saturated carbocycles. The Morgan fingerprint density at radius 3 is 2.00 bits per heavy atom. The van der Waals surface area contributed by atoms with Crippen molar-refractivity contribution < 1.29 is 19.4 Å². The van der Waals surface area contributed by atoms with E-state index in [9.17, 15) is 14.7 Å². The first-order chi connectivity index (χ1) is 8.90. The van der Waals surface area contributed by atoms with Gasteiger partial charge in [0.15, 0.2) is 0 Å². The van der Waals surface area contributed by atoms with Crippen LogP contribution in [0.2, 0.25) is 0 Å². The smallest absolute Gasteiger partial charge is 0.411 e. The zero-order valence-electron chi connectivity index (χ0n) is 13.2. The van der Waals surface area contributed by atoms with E-state index >= 15 is 0 Å². The molecule has 0 saturated heterocycles. The fourth-order valence-corrected chi connectivity index (χ4v) is 1.97. The Hall–Kier alpha value is -0.970. The minimum atomic E-state index is -1.04. The number of carbonyl (C=O) groups is 2.